The van der Waals surface area contributed by atoms with Crippen molar-refractivity contribution in [3.63, 3.8) is 0 Å². The molecule has 1 aliphatic heterocycles. The first-order chi connectivity index (χ1) is 11.7. The molecule has 0 radical (unpaired) electrons. The van der Waals surface area contributed by atoms with Gasteiger partial charge in [-0.15, -0.1) is 10.2 Å². The summed E-state index contributed by atoms with van der Waals surface area (Å²) in [6, 6.07) is 11.6. The molecule has 1 aliphatic rings. The van der Waals surface area contributed by atoms with Gasteiger partial charge in [0.25, 0.3) is 0 Å². The van der Waals surface area contributed by atoms with Crippen LogP contribution in [0, 0.1) is 0 Å². The van der Waals surface area contributed by atoms with Crippen LogP contribution in [0.4, 0.5) is 5.69 Å². The lowest BCUT2D eigenvalue weighted by atomic mass is 10.1. The molecule has 1 atom stereocenters. The molecule has 0 fully saturated rings. The van der Waals surface area contributed by atoms with E-state index in [1.807, 2.05) is 41.9 Å². The molecule has 0 unspecified atom stereocenters. The fraction of sp³-hybridized carbons (Fsp3) is 0.235. The Bertz CT molecular complexity index is 873. The number of carbonyl (C=O) groups is 1. The number of aryl methyl sites for hydroxylation is 1. The van der Waals surface area contributed by atoms with Crippen molar-refractivity contribution in [2.24, 2.45) is 7.05 Å². The quantitative estimate of drug-likeness (QED) is 0.793. The van der Waals surface area contributed by atoms with E-state index in [0.717, 1.165) is 18.5 Å². The summed E-state index contributed by atoms with van der Waals surface area (Å²) >= 11 is 1.44. The minimum absolute atomic E-state index is 0.00694. The van der Waals surface area contributed by atoms with E-state index in [4.69, 9.17) is 4.42 Å². The van der Waals surface area contributed by atoms with Gasteiger partial charge in [0.15, 0.2) is 16.7 Å². The maximum absolute atomic E-state index is 12.5. The summed E-state index contributed by atoms with van der Waals surface area (Å²) in [6.07, 6.45) is 3.22. The molecule has 122 valence electrons. The first-order valence-electron chi connectivity index (χ1n) is 7.71. The summed E-state index contributed by atoms with van der Waals surface area (Å²) in [5, 5.41) is 11.9. The van der Waals surface area contributed by atoms with Crippen LogP contribution in [0.3, 0.4) is 0 Å². The maximum atomic E-state index is 12.5. The second-order valence-electron chi connectivity index (χ2n) is 5.63. The zero-order valence-corrected chi connectivity index (χ0v) is 13.9. The van der Waals surface area contributed by atoms with Crippen molar-refractivity contribution in [1.29, 1.82) is 0 Å². The Morgan fingerprint density at radius 2 is 2.12 bits per heavy atom. The second-order valence-corrected chi connectivity index (χ2v) is 6.80. The number of benzene rings is 1. The van der Waals surface area contributed by atoms with Gasteiger partial charge in [-0.3, -0.25) is 4.79 Å². The number of rotatable bonds is 3. The van der Waals surface area contributed by atoms with Gasteiger partial charge in [-0.1, -0.05) is 30.0 Å². The molecule has 0 bridgehead atoms. The number of hydrogen-bond acceptors (Lipinski definition) is 5. The maximum Gasteiger partial charge on any atom is 0.237 e. The Morgan fingerprint density at radius 1 is 1.25 bits per heavy atom. The molecule has 0 saturated carbocycles. The van der Waals surface area contributed by atoms with Crippen molar-refractivity contribution in [1.82, 2.24) is 14.8 Å². The molecule has 1 N–H and O–H groups in total. The summed E-state index contributed by atoms with van der Waals surface area (Å²) in [5.41, 5.74) is 2.07. The molecule has 24 heavy (non-hydrogen) atoms. The molecule has 2 aromatic heterocycles. The predicted molar refractivity (Wildman–Crippen MR) is 91.7 cm³/mol. The Balaban J connectivity index is 1.55. The van der Waals surface area contributed by atoms with E-state index in [-0.39, 0.29) is 11.2 Å². The van der Waals surface area contributed by atoms with Crippen molar-refractivity contribution in [3.05, 3.63) is 48.2 Å². The third-order valence-electron chi connectivity index (χ3n) is 4.07. The van der Waals surface area contributed by atoms with Crippen LogP contribution in [0.5, 0.6) is 0 Å². The minimum atomic E-state index is -0.204. The van der Waals surface area contributed by atoms with E-state index >= 15 is 0 Å². The summed E-state index contributed by atoms with van der Waals surface area (Å²) in [5.74, 6) is 1.32. The first-order valence-corrected chi connectivity index (χ1v) is 8.59. The van der Waals surface area contributed by atoms with E-state index in [1.165, 1.54) is 17.3 Å². The SMILES string of the molecule is Cn1c(S[C@@H]2CCc3ccccc3NC2=O)nnc1-c1ccco1. The van der Waals surface area contributed by atoms with Gasteiger partial charge in [0, 0.05) is 12.7 Å². The molecular weight excluding hydrogens is 324 g/mol. The zero-order valence-electron chi connectivity index (χ0n) is 13.1. The smallest absolute Gasteiger partial charge is 0.237 e. The molecule has 3 heterocycles. The number of carbonyl (C=O) groups excluding carboxylic acids is 1. The first kappa shape index (κ1) is 15.0. The van der Waals surface area contributed by atoms with Gasteiger partial charge in [0.05, 0.1) is 11.5 Å². The zero-order chi connectivity index (χ0) is 16.5. The van der Waals surface area contributed by atoms with Gasteiger partial charge < -0.3 is 14.3 Å². The second kappa shape index (κ2) is 6.16. The molecule has 1 aromatic carbocycles. The van der Waals surface area contributed by atoms with E-state index in [1.54, 1.807) is 6.26 Å². The predicted octanol–water partition coefficient (Wildman–Crippen LogP) is 3.12. The molecule has 6 nitrogen and oxygen atoms in total. The number of nitrogens with zero attached hydrogens (tertiary/aromatic N) is 3. The molecule has 0 saturated heterocycles. The van der Waals surface area contributed by atoms with Crippen molar-refractivity contribution < 1.29 is 9.21 Å². The van der Waals surface area contributed by atoms with Crippen LogP contribution in [0.15, 0.2) is 52.2 Å². The van der Waals surface area contributed by atoms with Crippen LogP contribution in [0.25, 0.3) is 11.6 Å². The largest absolute Gasteiger partial charge is 0.461 e. The van der Waals surface area contributed by atoms with Crippen molar-refractivity contribution in [3.8, 4) is 11.6 Å². The number of nitrogens with one attached hydrogen (secondary N) is 1. The van der Waals surface area contributed by atoms with Gasteiger partial charge in [-0.05, 0) is 36.6 Å². The van der Waals surface area contributed by atoms with Gasteiger partial charge in [0.1, 0.15) is 0 Å². The fourth-order valence-corrected chi connectivity index (χ4v) is 3.76. The lowest BCUT2D eigenvalue weighted by Gasteiger charge is -2.12. The van der Waals surface area contributed by atoms with Crippen LogP contribution in [0.2, 0.25) is 0 Å². The average Bonchev–Trinajstić information content (AvgIpc) is 3.19. The lowest BCUT2D eigenvalue weighted by molar-refractivity contribution is -0.115. The van der Waals surface area contributed by atoms with E-state index in [0.29, 0.717) is 16.7 Å². The molecular formula is C17H16N4O2S. The Hall–Kier alpha value is -2.54. The summed E-state index contributed by atoms with van der Waals surface area (Å²) in [7, 11) is 1.88. The number of thioether (sulfide) groups is 1. The number of hydrogen-bond donors (Lipinski definition) is 1. The van der Waals surface area contributed by atoms with Gasteiger partial charge in [-0.2, -0.15) is 0 Å². The van der Waals surface area contributed by atoms with Crippen LogP contribution in [-0.2, 0) is 18.3 Å². The van der Waals surface area contributed by atoms with E-state index < -0.39 is 0 Å². The van der Waals surface area contributed by atoms with Crippen molar-refractivity contribution >= 4 is 23.4 Å². The van der Waals surface area contributed by atoms with Gasteiger partial charge in [0.2, 0.25) is 5.91 Å². The minimum Gasteiger partial charge on any atom is -0.461 e. The normalized spacial score (nSPS) is 17.2. The molecule has 0 aliphatic carbocycles. The van der Waals surface area contributed by atoms with E-state index in [2.05, 4.69) is 21.6 Å². The standard InChI is InChI=1S/C17H16N4O2S/c1-21-15(13-7-4-10-23-13)19-20-17(21)24-14-9-8-11-5-2-3-6-12(11)18-16(14)22/h2-7,10,14H,8-9H2,1H3,(H,18,22)/t14-/m1/s1. The number of para-hydroxylation sites is 1. The number of anilines is 1. The summed E-state index contributed by atoms with van der Waals surface area (Å²) < 4.78 is 7.23. The van der Waals surface area contributed by atoms with Crippen LogP contribution >= 0.6 is 11.8 Å². The molecule has 3 aromatic rings. The highest BCUT2D eigenvalue weighted by molar-refractivity contribution is 8.00. The monoisotopic (exact) mass is 340 g/mol. The highest BCUT2D eigenvalue weighted by atomic mass is 32.2. The molecule has 4 rings (SSSR count). The lowest BCUT2D eigenvalue weighted by Crippen LogP contribution is -2.24. The molecule has 1 amide bonds. The number of fused-ring (bicyclic) bond motifs is 1. The van der Waals surface area contributed by atoms with Crippen LogP contribution in [-0.4, -0.2) is 25.9 Å². The van der Waals surface area contributed by atoms with Crippen molar-refractivity contribution in [2.75, 3.05) is 5.32 Å². The highest BCUT2D eigenvalue weighted by Gasteiger charge is 2.27. The number of aromatic nitrogens is 3. The average molecular weight is 340 g/mol. The number of amides is 1. The Morgan fingerprint density at radius 3 is 2.96 bits per heavy atom. The van der Waals surface area contributed by atoms with Crippen molar-refractivity contribution in [2.45, 2.75) is 23.2 Å². The summed E-state index contributed by atoms with van der Waals surface area (Å²) in [6.45, 7) is 0. The Kier molecular flexibility index (Phi) is 3.86. The van der Waals surface area contributed by atoms with E-state index in [9.17, 15) is 4.79 Å². The fourth-order valence-electron chi connectivity index (χ4n) is 2.77. The van der Waals surface area contributed by atoms with Crippen LogP contribution in [0.1, 0.15) is 12.0 Å². The summed E-state index contributed by atoms with van der Waals surface area (Å²) in [4.78, 5) is 12.5. The third kappa shape index (κ3) is 2.71. The van der Waals surface area contributed by atoms with Gasteiger partial charge >= 0.3 is 0 Å². The third-order valence-corrected chi connectivity index (χ3v) is 5.37. The Labute approximate surface area is 143 Å². The molecule has 7 heteroatoms. The molecule has 0 spiro atoms. The topological polar surface area (TPSA) is 73.0 Å². The highest BCUT2D eigenvalue weighted by Crippen LogP contribution is 2.32. The van der Waals surface area contributed by atoms with Gasteiger partial charge in [-0.25, -0.2) is 0 Å². The van der Waals surface area contributed by atoms with Crippen LogP contribution < -0.4 is 5.32 Å². The number of furan rings is 1.